The Balaban J connectivity index is 1.38. The molecule has 1 amide bonds. The quantitative estimate of drug-likeness (QED) is 0.408. The number of fused-ring (bicyclic) bond motifs is 1. The van der Waals surface area contributed by atoms with Crippen molar-refractivity contribution in [2.45, 2.75) is 18.9 Å². The summed E-state index contributed by atoms with van der Waals surface area (Å²) >= 11 is 0. The van der Waals surface area contributed by atoms with Crippen molar-refractivity contribution in [2.75, 3.05) is 13.1 Å². The van der Waals surface area contributed by atoms with Gasteiger partial charge in [0.05, 0.1) is 28.7 Å². The minimum atomic E-state index is -0.387. The number of aromatic nitrogens is 4. The Kier molecular flexibility index (Phi) is 6.34. The monoisotopic (exact) mass is 468 g/mol. The molecule has 0 aromatic carbocycles. The van der Waals surface area contributed by atoms with Crippen LogP contribution in [0.1, 0.15) is 29.0 Å². The van der Waals surface area contributed by atoms with Crippen LogP contribution in [-0.4, -0.2) is 49.5 Å². The van der Waals surface area contributed by atoms with Crippen molar-refractivity contribution in [1.82, 2.24) is 29.8 Å². The number of hydrogen-bond acceptors (Lipinski definition) is 5. The zero-order chi connectivity index (χ0) is 24.2. The Morgan fingerprint density at radius 3 is 2.83 bits per heavy atom. The van der Waals surface area contributed by atoms with Gasteiger partial charge in [-0.1, -0.05) is 24.8 Å². The molecule has 4 aromatic heterocycles. The number of halogens is 1. The maximum Gasteiger partial charge on any atom is 0.275 e. The van der Waals surface area contributed by atoms with Gasteiger partial charge < -0.3 is 10.2 Å². The first-order valence-electron chi connectivity index (χ1n) is 11.5. The van der Waals surface area contributed by atoms with E-state index in [0.717, 1.165) is 35.2 Å². The molecule has 1 N–H and O–H groups in total. The van der Waals surface area contributed by atoms with E-state index in [1.165, 1.54) is 12.3 Å². The van der Waals surface area contributed by atoms with Crippen molar-refractivity contribution in [1.29, 1.82) is 0 Å². The average molecular weight is 469 g/mol. The van der Waals surface area contributed by atoms with Crippen LogP contribution in [-0.2, 0) is 0 Å². The lowest BCUT2D eigenvalue weighted by Crippen LogP contribution is -2.41. The molecule has 1 fully saturated rings. The molecular weight excluding hydrogens is 443 g/mol. The minimum absolute atomic E-state index is 0.00684. The Morgan fingerprint density at radius 1 is 1.17 bits per heavy atom. The third-order valence-corrected chi connectivity index (χ3v) is 6.16. The van der Waals surface area contributed by atoms with Crippen LogP contribution in [0.5, 0.6) is 0 Å². The molecule has 1 aliphatic rings. The van der Waals surface area contributed by atoms with Crippen molar-refractivity contribution in [2.24, 2.45) is 0 Å². The lowest BCUT2D eigenvalue weighted by atomic mass is 10.1. The molecule has 0 saturated carbocycles. The van der Waals surface area contributed by atoms with Crippen LogP contribution >= 0.6 is 0 Å². The van der Waals surface area contributed by atoms with Gasteiger partial charge in [-0.2, -0.15) is 5.10 Å². The summed E-state index contributed by atoms with van der Waals surface area (Å²) in [7, 11) is 0. The highest BCUT2D eigenvalue weighted by Crippen LogP contribution is 2.29. The first kappa shape index (κ1) is 22.5. The van der Waals surface area contributed by atoms with E-state index in [-0.39, 0.29) is 17.8 Å². The van der Waals surface area contributed by atoms with E-state index in [0.29, 0.717) is 24.5 Å². The molecule has 0 bridgehead atoms. The SMILES string of the molecule is C=C/C(=C\NC[C@@H]1CCCN1C(=O)c1nn2ccccc2c1-c1ccccn1)c1ccc(F)cn1. The molecule has 0 unspecified atom stereocenters. The molecule has 5 heterocycles. The lowest BCUT2D eigenvalue weighted by molar-refractivity contribution is 0.0732. The summed E-state index contributed by atoms with van der Waals surface area (Å²) in [4.78, 5) is 24.2. The van der Waals surface area contributed by atoms with E-state index in [9.17, 15) is 9.18 Å². The van der Waals surface area contributed by atoms with Crippen LogP contribution in [0.2, 0.25) is 0 Å². The minimum Gasteiger partial charge on any atom is -0.388 e. The third-order valence-electron chi connectivity index (χ3n) is 6.16. The van der Waals surface area contributed by atoms with Crippen LogP contribution in [0.3, 0.4) is 0 Å². The second-order valence-electron chi connectivity index (χ2n) is 8.34. The maximum atomic E-state index is 13.7. The second-order valence-corrected chi connectivity index (χ2v) is 8.34. The largest absolute Gasteiger partial charge is 0.388 e. The highest BCUT2D eigenvalue weighted by molar-refractivity contribution is 6.03. The molecular formula is C27H25FN6O. The molecule has 1 aliphatic heterocycles. The van der Waals surface area contributed by atoms with E-state index in [1.54, 1.807) is 29.1 Å². The van der Waals surface area contributed by atoms with Crippen LogP contribution in [0.25, 0.3) is 22.3 Å². The summed E-state index contributed by atoms with van der Waals surface area (Å²) in [5, 5.41) is 7.94. The Labute approximate surface area is 202 Å². The predicted molar refractivity (Wildman–Crippen MR) is 133 cm³/mol. The molecule has 1 atom stereocenters. The standard InChI is InChI=1S/C27H25FN6O/c1-2-19(22-12-11-20(28)17-31-22)16-29-18-21-8-7-14-33(21)27(35)26-25(23-9-3-5-13-30-23)24-10-4-6-15-34(24)32-26/h2-6,9-13,15-17,21,29H,1,7-8,14,18H2/b19-16+/t21-/m0/s1. The Hall–Kier alpha value is -4.33. The summed E-state index contributed by atoms with van der Waals surface area (Å²) < 4.78 is 14.9. The molecule has 7 nitrogen and oxygen atoms in total. The number of hydrogen-bond donors (Lipinski definition) is 1. The first-order chi connectivity index (χ1) is 17.2. The van der Waals surface area contributed by atoms with Crippen molar-refractivity contribution in [3.05, 3.63) is 103 Å². The van der Waals surface area contributed by atoms with E-state index in [1.807, 2.05) is 47.5 Å². The molecule has 4 aromatic rings. The van der Waals surface area contributed by atoms with Gasteiger partial charge in [0, 0.05) is 43.3 Å². The van der Waals surface area contributed by atoms with Gasteiger partial charge in [0.1, 0.15) is 5.82 Å². The molecule has 0 radical (unpaired) electrons. The van der Waals surface area contributed by atoms with Crippen molar-refractivity contribution in [3.8, 4) is 11.3 Å². The third kappa shape index (κ3) is 4.55. The molecule has 176 valence electrons. The van der Waals surface area contributed by atoms with Crippen molar-refractivity contribution in [3.63, 3.8) is 0 Å². The fraction of sp³-hybridized carbons (Fsp3) is 0.185. The molecule has 0 spiro atoms. The van der Waals surface area contributed by atoms with Crippen LogP contribution < -0.4 is 5.32 Å². The second kappa shape index (κ2) is 9.89. The van der Waals surface area contributed by atoms with Gasteiger partial charge >= 0.3 is 0 Å². The van der Waals surface area contributed by atoms with E-state index < -0.39 is 0 Å². The molecule has 35 heavy (non-hydrogen) atoms. The predicted octanol–water partition coefficient (Wildman–Crippen LogP) is 4.35. The first-order valence-corrected chi connectivity index (χ1v) is 11.5. The number of nitrogens with one attached hydrogen (secondary N) is 1. The van der Waals surface area contributed by atoms with E-state index in [2.05, 4.69) is 27.0 Å². The normalized spacial score (nSPS) is 16.0. The molecule has 1 saturated heterocycles. The fourth-order valence-corrected chi connectivity index (χ4v) is 4.45. The van der Waals surface area contributed by atoms with Crippen LogP contribution in [0.15, 0.2) is 86.0 Å². The summed E-state index contributed by atoms with van der Waals surface area (Å²) in [5.41, 5.74) is 4.08. The summed E-state index contributed by atoms with van der Waals surface area (Å²) in [6.45, 7) is 5.06. The number of allylic oxidation sites excluding steroid dienone is 2. The maximum absolute atomic E-state index is 13.7. The topological polar surface area (TPSA) is 75.4 Å². The molecule has 0 aliphatic carbocycles. The summed E-state index contributed by atoms with van der Waals surface area (Å²) in [5.74, 6) is -0.492. The van der Waals surface area contributed by atoms with Gasteiger partial charge in [0.15, 0.2) is 5.69 Å². The van der Waals surface area contributed by atoms with Gasteiger partial charge in [-0.05, 0) is 49.2 Å². The highest BCUT2D eigenvalue weighted by Gasteiger charge is 2.33. The zero-order valence-corrected chi connectivity index (χ0v) is 19.1. The van der Waals surface area contributed by atoms with Gasteiger partial charge in [-0.25, -0.2) is 8.91 Å². The van der Waals surface area contributed by atoms with Crippen LogP contribution in [0, 0.1) is 5.82 Å². The van der Waals surface area contributed by atoms with E-state index >= 15 is 0 Å². The number of likely N-dealkylation sites (tertiary alicyclic amines) is 1. The number of carbonyl (C=O) groups is 1. The van der Waals surface area contributed by atoms with Crippen molar-refractivity contribution < 1.29 is 9.18 Å². The number of amides is 1. The fourth-order valence-electron chi connectivity index (χ4n) is 4.45. The Bertz CT molecular complexity index is 1380. The van der Waals surface area contributed by atoms with Gasteiger partial charge in [-0.15, -0.1) is 0 Å². The highest BCUT2D eigenvalue weighted by atomic mass is 19.1. The number of carbonyl (C=O) groups excluding carboxylic acids is 1. The summed E-state index contributed by atoms with van der Waals surface area (Å²) in [6.07, 6.45) is 10.0. The Morgan fingerprint density at radius 2 is 2.06 bits per heavy atom. The van der Waals surface area contributed by atoms with Crippen LogP contribution in [0.4, 0.5) is 4.39 Å². The average Bonchev–Trinajstić information content (AvgIpc) is 3.52. The van der Waals surface area contributed by atoms with E-state index in [4.69, 9.17) is 0 Å². The number of rotatable bonds is 7. The van der Waals surface area contributed by atoms with Gasteiger partial charge in [-0.3, -0.25) is 14.8 Å². The summed E-state index contributed by atoms with van der Waals surface area (Å²) in [6, 6.07) is 14.4. The molecule has 8 heteroatoms. The zero-order valence-electron chi connectivity index (χ0n) is 19.1. The van der Waals surface area contributed by atoms with Gasteiger partial charge in [0.25, 0.3) is 5.91 Å². The molecule has 5 rings (SSSR count). The number of pyridine rings is 3. The number of nitrogens with zero attached hydrogens (tertiary/aromatic N) is 5. The van der Waals surface area contributed by atoms with Crippen molar-refractivity contribution >= 4 is 17.0 Å². The van der Waals surface area contributed by atoms with Gasteiger partial charge in [0.2, 0.25) is 0 Å². The lowest BCUT2D eigenvalue weighted by Gasteiger charge is -2.24. The smallest absolute Gasteiger partial charge is 0.275 e.